The van der Waals surface area contributed by atoms with E-state index in [9.17, 15) is 4.79 Å². The molecule has 128 valence electrons. The van der Waals surface area contributed by atoms with E-state index >= 15 is 0 Å². The van der Waals surface area contributed by atoms with E-state index in [-0.39, 0.29) is 11.5 Å². The highest BCUT2D eigenvalue weighted by atomic mass is 16.2. The number of aromatic amines is 1. The highest BCUT2D eigenvalue weighted by molar-refractivity contribution is 5.87. The van der Waals surface area contributed by atoms with Crippen LogP contribution < -0.4 is 0 Å². The molecule has 0 unspecified atom stereocenters. The summed E-state index contributed by atoms with van der Waals surface area (Å²) in [4.78, 5) is 18.9. The van der Waals surface area contributed by atoms with Crippen molar-refractivity contribution in [1.82, 2.24) is 9.88 Å². The van der Waals surface area contributed by atoms with E-state index < -0.39 is 0 Å². The number of aromatic nitrogens is 1. The maximum Gasteiger partial charge on any atom is 0.226 e. The molecule has 0 radical (unpaired) electrons. The molecule has 3 heteroatoms. The van der Waals surface area contributed by atoms with Gasteiger partial charge in [0.2, 0.25) is 5.91 Å². The average molecular weight is 324 g/mol. The zero-order valence-corrected chi connectivity index (χ0v) is 15.1. The third-order valence-electron chi connectivity index (χ3n) is 6.45. The van der Waals surface area contributed by atoms with E-state index in [1.54, 1.807) is 0 Å². The zero-order chi connectivity index (χ0) is 16.9. The number of rotatable bonds is 2. The fraction of sp³-hybridized carbons (Fsp3) is 0.571. The second-order valence-corrected chi connectivity index (χ2v) is 7.89. The van der Waals surface area contributed by atoms with E-state index in [4.69, 9.17) is 0 Å². The van der Waals surface area contributed by atoms with Gasteiger partial charge in [0.05, 0.1) is 5.54 Å². The zero-order valence-electron chi connectivity index (χ0n) is 15.1. The maximum absolute atomic E-state index is 13.0. The second kappa shape index (κ2) is 5.65. The molecule has 1 aromatic heterocycles. The lowest BCUT2D eigenvalue weighted by Crippen LogP contribution is -2.58. The largest absolute Gasteiger partial charge is 0.356 e. The number of hydrogen-bond donors (Lipinski definition) is 1. The summed E-state index contributed by atoms with van der Waals surface area (Å²) in [6.07, 6.45) is 5.48. The Morgan fingerprint density at radius 1 is 1.33 bits per heavy atom. The van der Waals surface area contributed by atoms with E-state index in [1.165, 1.54) is 35.0 Å². The normalized spacial score (nSPS) is 30.1. The minimum atomic E-state index is -0.190. The van der Waals surface area contributed by atoms with Crippen molar-refractivity contribution in [2.24, 2.45) is 11.8 Å². The minimum absolute atomic E-state index is 0.153. The van der Waals surface area contributed by atoms with Crippen LogP contribution in [0.1, 0.15) is 57.7 Å². The van der Waals surface area contributed by atoms with Crippen molar-refractivity contribution in [1.29, 1.82) is 0 Å². The number of hydrogen-bond acceptors (Lipinski definition) is 1. The van der Waals surface area contributed by atoms with Crippen molar-refractivity contribution in [3.63, 3.8) is 0 Å². The molecule has 1 saturated heterocycles. The van der Waals surface area contributed by atoms with Crippen LogP contribution in [0.5, 0.6) is 0 Å². The Kier molecular flexibility index (Phi) is 3.70. The van der Waals surface area contributed by atoms with Gasteiger partial charge in [-0.15, -0.1) is 0 Å². The maximum atomic E-state index is 13.0. The summed E-state index contributed by atoms with van der Waals surface area (Å²) in [5.74, 6) is 1.03. The SMILES string of the molecule is CCC[C@H]1C[C@@H](C)C(=O)N2CCCc3c([nH]c4ccccc34)[C@]12C. The fourth-order valence-electron chi connectivity index (χ4n) is 5.21. The Hall–Kier alpha value is -1.77. The molecule has 1 fully saturated rings. The van der Waals surface area contributed by atoms with Crippen LogP contribution in [-0.2, 0) is 16.8 Å². The molecule has 3 nitrogen and oxygen atoms in total. The second-order valence-electron chi connectivity index (χ2n) is 7.89. The number of aryl methyl sites for hydroxylation is 1. The molecule has 1 N–H and O–H groups in total. The quantitative estimate of drug-likeness (QED) is 0.860. The molecule has 3 atom stereocenters. The molecule has 2 aliphatic rings. The van der Waals surface area contributed by atoms with Crippen molar-refractivity contribution in [3.05, 3.63) is 35.5 Å². The number of nitrogens with zero attached hydrogens (tertiary/aromatic N) is 1. The van der Waals surface area contributed by atoms with Gasteiger partial charge in [0, 0.05) is 29.1 Å². The molecule has 2 aromatic rings. The van der Waals surface area contributed by atoms with Crippen LogP contribution in [0.4, 0.5) is 0 Å². The Morgan fingerprint density at radius 2 is 2.12 bits per heavy atom. The number of carbonyl (C=O) groups excluding carboxylic acids is 1. The van der Waals surface area contributed by atoms with Gasteiger partial charge in [-0.2, -0.15) is 0 Å². The number of para-hydroxylation sites is 1. The van der Waals surface area contributed by atoms with Gasteiger partial charge >= 0.3 is 0 Å². The van der Waals surface area contributed by atoms with Crippen LogP contribution in [0.2, 0.25) is 0 Å². The number of fused-ring (bicyclic) bond motifs is 5. The lowest BCUT2D eigenvalue weighted by atomic mass is 9.70. The number of carbonyl (C=O) groups is 1. The fourth-order valence-corrected chi connectivity index (χ4v) is 5.21. The molecule has 0 saturated carbocycles. The summed E-state index contributed by atoms with van der Waals surface area (Å²) in [5, 5.41) is 1.34. The van der Waals surface area contributed by atoms with Gasteiger partial charge in [0.1, 0.15) is 0 Å². The van der Waals surface area contributed by atoms with Gasteiger partial charge in [0.15, 0.2) is 0 Å². The molecule has 0 aliphatic carbocycles. The van der Waals surface area contributed by atoms with Crippen LogP contribution in [-0.4, -0.2) is 22.3 Å². The molecule has 0 spiro atoms. The van der Waals surface area contributed by atoms with Crippen LogP contribution in [0.3, 0.4) is 0 Å². The first kappa shape index (κ1) is 15.7. The molecular formula is C21H28N2O. The van der Waals surface area contributed by atoms with Crippen molar-refractivity contribution in [2.45, 2.75) is 58.4 Å². The molecule has 24 heavy (non-hydrogen) atoms. The molecule has 3 heterocycles. The summed E-state index contributed by atoms with van der Waals surface area (Å²) >= 11 is 0. The Balaban J connectivity index is 1.94. The lowest BCUT2D eigenvalue weighted by molar-refractivity contribution is -0.152. The van der Waals surface area contributed by atoms with Crippen molar-refractivity contribution in [3.8, 4) is 0 Å². The molecule has 0 bridgehead atoms. The van der Waals surface area contributed by atoms with Crippen LogP contribution in [0.15, 0.2) is 24.3 Å². The summed E-state index contributed by atoms with van der Waals surface area (Å²) in [5.41, 5.74) is 3.77. The van der Waals surface area contributed by atoms with E-state index in [0.717, 1.165) is 25.8 Å². The number of nitrogens with one attached hydrogen (secondary N) is 1. The summed E-state index contributed by atoms with van der Waals surface area (Å²) in [6, 6.07) is 8.61. The van der Waals surface area contributed by atoms with E-state index in [1.807, 2.05) is 0 Å². The first-order valence-corrected chi connectivity index (χ1v) is 9.49. The number of amides is 1. The monoisotopic (exact) mass is 324 g/mol. The number of benzene rings is 1. The van der Waals surface area contributed by atoms with Gasteiger partial charge < -0.3 is 9.88 Å². The first-order valence-electron chi connectivity index (χ1n) is 9.49. The highest BCUT2D eigenvalue weighted by Crippen LogP contribution is 2.49. The summed E-state index contributed by atoms with van der Waals surface area (Å²) < 4.78 is 0. The Labute approximate surface area is 144 Å². The van der Waals surface area contributed by atoms with Crippen molar-refractivity contribution >= 4 is 16.8 Å². The topological polar surface area (TPSA) is 36.1 Å². The lowest BCUT2D eigenvalue weighted by Gasteiger charge is -2.51. The van der Waals surface area contributed by atoms with E-state index in [2.05, 4.69) is 54.9 Å². The van der Waals surface area contributed by atoms with E-state index in [0.29, 0.717) is 11.8 Å². The molecule has 4 rings (SSSR count). The standard InChI is InChI=1S/C21H28N2O/c1-4-8-15-13-14(2)20(24)23-12-7-10-17-16-9-5-6-11-18(16)22-19(17)21(15,23)3/h5-6,9,11,14-15,22H,4,7-8,10,12-13H2,1-3H3/t14-,15+,21+/m1/s1. The summed E-state index contributed by atoms with van der Waals surface area (Å²) in [7, 11) is 0. The van der Waals surface area contributed by atoms with Gasteiger partial charge in [0.25, 0.3) is 0 Å². The molecule has 1 amide bonds. The third-order valence-corrected chi connectivity index (χ3v) is 6.45. The predicted octanol–water partition coefficient (Wildman–Crippen LogP) is 4.61. The smallest absolute Gasteiger partial charge is 0.226 e. The van der Waals surface area contributed by atoms with Gasteiger partial charge in [-0.05, 0) is 50.2 Å². The van der Waals surface area contributed by atoms with Crippen LogP contribution >= 0.6 is 0 Å². The molecule has 2 aliphatic heterocycles. The van der Waals surface area contributed by atoms with Gasteiger partial charge in [-0.1, -0.05) is 38.5 Å². The van der Waals surface area contributed by atoms with Crippen molar-refractivity contribution in [2.75, 3.05) is 6.54 Å². The summed E-state index contributed by atoms with van der Waals surface area (Å²) in [6.45, 7) is 7.58. The molecule has 1 aromatic carbocycles. The Morgan fingerprint density at radius 3 is 2.92 bits per heavy atom. The third kappa shape index (κ3) is 2.06. The highest BCUT2D eigenvalue weighted by Gasteiger charge is 2.51. The average Bonchev–Trinajstić information content (AvgIpc) is 2.88. The first-order chi connectivity index (χ1) is 11.6. The molecular weight excluding hydrogens is 296 g/mol. The van der Waals surface area contributed by atoms with Gasteiger partial charge in [-0.25, -0.2) is 0 Å². The van der Waals surface area contributed by atoms with Gasteiger partial charge in [-0.3, -0.25) is 4.79 Å². The Bertz CT molecular complexity index is 777. The van der Waals surface area contributed by atoms with Crippen molar-refractivity contribution < 1.29 is 4.79 Å². The number of H-pyrrole nitrogens is 1. The van der Waals surface area contributed by atoms with Crippen LogP contribution in [0.25, 0.3) is 10.9 Å². The predicted molar refractivity (Wildman–Crippen MR) is 97.9 cm³/mol. The number of piperidine rings is 1. The van der Waals surface area contributed by atoms with Crippen LogP contribution in [0, 0.1) is 11.8 Å². The minimum Gasteiger partial charge on any atom is -0.356 e.